The van der Waals surface area contributed by atoms with Crippen molar-refractivity contribution in [1.82, 2.24) is 4.98 Å². The number of hydrogen-bond acceptors (Lipinski definition) is 6. The minimum absolute atomic E-state index is 0.0232. The molecule has 1 fully saturated rings. The van der Waals surface area contributed by atoms with Crippen molar-refractivity contribution in [3.63, 3.8) is 0 Å². The monoisotopic (exact) mass is 290 g/mol. The van der Waals surface area contributed by atoms with E-state index < -0.39 is 16.8 Å². The number of carboxylic acids is 1. The summed E-state index contributed by atoms with van der Waals surface area (Å²) in [6, 6.07) is 2.85. The van der Waals surface area contributed by atoms with Crippen LogP contribution in [-0.4, -0.2) is 27.0 Å². The number of carbonyl (C=O) groups is 1. The number of carboxylic acid groups (broad SMARTS) is 1. The Bertz CT molecular complexity index is 611. The zero-order valence-corrected chi connectivity index (χ0v) is 11.2. The Morgan fingerprint density at radius 3 is 2.95 bits per heavy atom. The molecular formula is C13H14N4O4. The molecule has 0 saturated heterocycles. The van der Waals surface area contributed by atoms with Crippen molar-refractivity contribution < 1.29 is 14.8 Å². The lowest BCUT2D eigenvalue weighted by atomic mass is 9.86. The highest BCUT2D eigenvalue weighted by atomic mass is 16.6. The van der Waals surface area contributed by atoms with Gasteiger partial charge in [0.2, 0.25) is 5.82 Å². The normalized spacial score (nSPS) is 21.3. The maximum Gasteiger partial charge on any atom is 0.328 e. The fourth-order valence-electron chi connectivity index (χ4n) is 2.57. The van der Waals surface area contributed by atoms with Gasteiger partial charge in [-0.25, -0.2) is 4.98 Å². The van der Waals surface area contributed by atoms with E-state index in [0.717, 1.165) is 12.8 Å². The second-order valence-electron chi connectivity index (χ2n) is 4.97. The van der Waals surface area contributed by atoms with Crippen molar-refractivity contribution in [2.75, 3.05) is 5.32 Å². The summed E-state index contributed by atoms with van der Waals surface area (Å²) in [5, 5.41) is 32.0. The Hall–Kier alpha value is -2.69. The predicted octanol–water partition coefficient (Wildman–Crippen LogP) is 1.92. The Kier molecular flexibility index (Phi) is 4.33. The molecule has 8 nitrogen and oxygen atoms in total. The molecule has 0 radical (unpaired) electrons. The fourth-order valence-corrected chi connectivity index (χ4v) is 2.57. The van der Waals surface area contributed by atoms with Crippen LogP contribution in [0.3, 0.4) is 0 Å². The van der Waals surface area contributed by atoms with E-state index in [1.54, 1.807) is 6.07 Å². The van der Waals surface area contributed by atoms with Gasteiger partial charge in [-0.15, -0.1) is 0 Å². The van der Waals surface area contributed by atoms with Gasteiger partial charge >= 0.3 is 11.7 Å². The first kappa shape index (κ1) is 14.7. The van der Waals surface area contributed by atoms with Gasteiger partial charge in [-0.05, 0) is 25.3 Å². The lowest BCUT2D eigenvalue weighted by Crippen LogP contribution is -2.31. The molecule has 2 N–H and O–H groups in total. The predicted molar refractivity (Wildman–Crippen MR) is 72.6 cm³/mol. The average molecular weight is 290 g/mol. The number of nitrogens with zero attached hydrogens (tertiary/aromatic N) is 3. The molecule has 0 bridgehead atoms. The highest BCUT2D eigenvalue weighted by Gasteiger charge is 2.29. The van der Waals surface area contributed by atoms with Gasteiger partial charge < -0.3 is 10.4 Å². The van der Waals surface area contributed by atoms with Crippen molar-refractivity contribution in [3.05, 3.63) is 27.9 Å². The van der Waals surface area contributed by atoms with Crippen LogP contribution in [0.15, 0.2) is 12.3 Å². The molecule has 21 heavy (non-hydrogen) atoms. The van der Waals surface area contributed by atoms with Crippen LogP contribution in [0.2, 0.25) is 0 Å². The first-order valence-electron chi connectivity index (χ1n) is 6.55. The summed E-state index contributed by atoms with van der Waals surface area (Å²) in [4.78, 5) is 25.4. The third-order valence-corrected chi connectivity index (χ3v) is 3.59. The second-order valence-corrected chi connectivity index (χ2v) is 4.97. The van der Waals surface area contributed by atoms with E-state index in [1.807, 2.05) is 0 Å². The molecule has 0 aliphatic heterocycles. The highest BCUT2D eigenvalue weighted by molar-refractivity contribution is 5.70. The first-order valence-corrected chi connectivity index (χ1v) is 6.55. The third kappa shape index (κ3) is 3.25. The highest BCUT2D eigenvalue weighted by Crippen LogP contribution is 2.31. The fraction of sp³-hybridized carbons (Fsp3) is 0.462. The van der Waals surface area contributed by atoms with Gasteiger partial charge in [0, 0.05) is 12.2 Å². The molecule has 1 aliphatic rings. The van der Waals surface area contributed by atoms with Crippen molar-refractivity contribution in [1.29, 1.82) is 5.26 Å². The van der Waals surface area contributed by atoms with E-state index in [-0.39, 0.29) is 23.1 Å². The largest absolute Gasteiger partial charge is 0.481 e. The summed E-state index contributed by atoms with van der Waals surface area (Å²) in [5.74, 6) is -1.28. The van der Waals surface area contributed by atoms with Crippen LogP contribution >= 0.6 is 0 Å². The van der Waals surface area contributed by atoms with E-state index in [1.165, 1.54) is 12.3 Å². The molecule has 0 aromatic carbocycles. The molecule has 1 aromatic heterocycles. The Labute approximate surface area is 120 Å². The maximum absolute atomic E-state index is 11.1. The van der Waals surface area contributed by atoms with E-state index >= 15 is 0 Å². The zero-order chi connectivity index (χ0) is 15.4. The van der Waals surface area contributed by atoms with Gasteiger partial charge in [0.1, 0.15) is 11.6 Å². The molecule has 1 aromatic rings. The molecule has 1 heterocycles. The third-order valence-electron chi connectivity index (χ3n) is 3.59. The molecule has 2 atom stereocenters. The number of nitriles is 1. The number of nitrogens with one attached hydrogen (secondary N) is 1. The molecule has 2 unspecified atom stereocenters. The van der Waals surface area contributed by atoms with Crippen molar-refractivity contribution in [2.24, 2.45) is 5.92 Å². The van der Waals surface area contributed by atoms with Crippen molar-refractivity contribution >= 4 is 17.5 Å². The Balaban J connectivity index is 2.22. The minimum Gasteiger partial charge on any atom is -0.481 e. The lowest BCUT2D eigenvalue weighted by molar-refractivity contribution is -0.384. The number of nitro groups is 1. The van der Waals surface area contributed by atoms with Gasteiger partial charge in [0.15, 0.2) is 0 Å². The molecular weight excluding hydrogens is 276 g/mol. The van der Waals surface area contributed by atoms with Gasteiger partial charge in [-0.3, -0.25) is 14.9 Å². The minimum atomic E-state index is -0.852. The number of aliphatic carboxylic acids is 1. The van der Waals surface area contributed by atoms with Crippen LogP contribution in [-0.2, 0) is 4.79 Å². The van der Waals surface area contributed by atoms with Gasteiger partial charge in [0.05, 0.1) is 10.8 Å². The van der Waals surface area contributed by atoms with Crippen LogP contribution in [0.25, 0.3) is 0 Å². The summed E-state index contributed by atoms with van der Waals surface area (Å²) in [7, 11) is 0. The number of rotatable bonds is 4. The van der Waals surface area contributed by atoms with Crippen LogP contribution in [0.1, 0.15) is 31.2 Å². The van der Waals surface area contributed by atoms with Gasteiger partial charge in [0.25, 0.3) is 0 Å². The van der Waals surface area contributed by atoms with E-state index in [0.29, 0.717) is 12.8 Å². The maximum atomic E-state index is 11.1. The summed E-state index contributed by atoms with van der Waals surface area (Å²) >= 11 is 0. The molecule has 2 rings (SSSR count). The smallest absolute Gasteiger partial charge is 0.328 e. The quantitative estimate of drug-likeness (QED) is 0.640. The molecule has 0 amide bonds. The average Bonchev–Trinajstić information content (AvgIpc) is 2.46. The number of pyridine rings is 1. The SMILES string of the molecule is N#Cc1ccnc(NC2CCCC(C(=O)O)C2)c1[N+](=O)[O-]. The summed E-state index contributed by atoms with van der Waals surface area (Å²) < 4.78 is 0. The van der Waals surface area contributed by atoms with Crippen LogP contribution < -0.4 is 5.32 Å². The van der Waals surface area contributed by atoms with Crippen LogP contribution in [0, 0.1) is 27.4 Å². The van der Waals surface area contributed by atoms with E-state index in [2.05, 4.69) is 10.3 Å². The van der Waals surface area contributed by atoms with Gasteiger partial charge in [-0.2, -0.15) is 5.26 Å². The van der Waals surface area contributed by atoms with Crippen LogP contribution in [0.5, 0.6) is 0 Å². The van der Waals surface area contributed by atoms with E-state index in [9.17, 15) is 14.9 Å². The molecule has 0 spiro atoms. The molecule has 1 saturated carbocycles. The first-order chi connectivity index (χ1) is 10.0. The Morgan fingerprint density at radius 1 is 1.57 bits per heavy atom. The topological polar surface area (TPSA) is 129 Å². The second kappa shape index (κ2) is 6.17. The molecule has 8 heteroatoms. The molecule has 1 aliphatic carbocycles. The summed E-state index contributed by atoms with van der Waals surface area (Å²) in [6.07, 6.45) is 3.79. The van der Waals surface area contributed by atoms with Crippen LogP contribution in [0.4, 0.5) is 11.5 Å². The Morgan fingerprint density at radius 2 is 2.33 bits per heavy atom. The number of hydrogen-bond donors (Lipinski definition) is 2. The summed E-state index contributed by atoms with van der Waals surface area (Å²) in [5.41, 5.74) is -0.430. The van der Waals surface area contributed by atoms with Crippen molar-refractivity contribution in [3.8, 4) is 6.07 Å². The zero-order valence-electron chi connectivity index (χ0n) is 11.2. The standard InChI is InChI=1S/C13H14N4O4/c14-7-9-4-5-15-12(11(9)17(20)21)16-10-3-1-2-8(6-10)13(18)19/h4-5,8,10H,1-3,6H2,(H,15,16)(H,18,19). The lowest BCUT2D eigenvalue weighted by Gasteiger charge is -2.27. The van der Waals surface area contributed by atoms with E-state index in [4.69, 9.17) is 10.4 Å². The molecule has 110 valence electrons. The van der Waals surface area contributed by atoms with Crippen molar-refractivity contribution in [2.45, 2.75) is 31.7 Å². The van der Waals surface area contributed by atoms with Gasteiger partial charge in [-0.1, -0.05) is 6.42 Å². The number of aromatic nitrogens is 1. The number of anilines is 1. The summed E-state index contributed by atoms with van der Waals surface area (Å²) in [6.45, 7) is 0.